The van der Waals surface area contributed by atoms with Crippen molar-refractivity contribution in [1.29, 1.82) is 0 Å². The molecule has 0 unspecified atom stereocenters. The first-order valence-corrected chi connectivity index (χ1v) is 8.16. The van der Waals surface area contributed by atoms with Gasteiger partial charge < -0.3 is 10.4 Å². The third kappa shape index (κ3) is 4.01. The summed E-state index contributed by atoms with van der Waals surface area (Å²) in [6, 6.07) is 6.72. The van der Waals surface area contributed by atoms with Crippen molar-refractivity contribution >= 4 is 17.4 Å². The summed E-state index contributed by atoms with van der Waals surface area (Å²) in [7, 11) is 0. The van der Waals surface area contributed by atoms with Crippen LogP contribution in [0.3, 0.4) is 0 Å². The van der Waals surface area contributed by atoms with Crippen LogP contribution < -0.4 is 5.32 Å². The smallest absolute Gasteiger partial charge is 0.337 e. The Balaban J connectivity index is 2.18. The SMILES string of the molecule is CCC(C)(C)[C@H]1CCC(=O)/C(=C/Nc2ccccc2C(=O)O)C1. The summed E-state index contributed by atoms with van der Waals surface area (Å²) < 4.78 is 0. The van der Waals surface area contributed by atoms with Gasteiger partial charge in [-0.3, -0.25) is 4.79 Å². The van der Waals surface area contributed by atoms with Crippen molar-refractivity contribution in [3.8, 4) is 0 Å². The Bertz CT molecular complexity index is 631. The molecule has 0 radical (unpaired) electrons. The van der Waals surface area contributed by atoms with Gasteiger partial charge in [-0.2, -0.15) is 0 Å². The Labute approximate surface area is 137 Å². The molecular formula is C19H25NO3. The number of carbonyl (C=O) groups excluding carboxylic acids is 1. The second-order valence-electron chi connectivity index (χ2n) is 6.87. The molecule has 2 rings (SSSR count). The summed E-state index contributed by atoms with van der Waals surface area (Å²) in [6.45, 7) is 6.68. The fourth-order valence-corrected chi connectivity index (χ4v) is 3.00. The van der Waals surface area contributed by atoms with Crippen molar-refractivity contribution in [2.75, 3.05) is 5.32 Å². The average molecular weight is 315 g/mol. The number of carbonyl (C=O) groups is 2. The van der Waals surface area contributed by atoms with Crippen molar-refractivity contribution in [3.05, 3.63) is 41.6 Å². The molecule has 0 heterocycles. The molecule has 0 saturated heterocycles. The van der Waals surface area contributed by atoms with Crippen molar-refractivity contribution < 1.29 is 14.7 Å². The molecule has 1 saturated carbocycles. The number of ketones is 1. The highest BCUT2D eigenvalue weighted by Crippen LogP contribution is 2.41. The van der Waals surface area contributed by atoms with Gasteiger partial charge in [0.1, 0.15) is 0 Å². The van der Waals surface area contributed by atoms with Gasteiger partial charge in [0.05, 0.1) is 11.3 Å². The maximum Gasteiger partial charge on any atom is 0.337 e. The summed E-state index contributed by atoms with van der Waals surface area (Å²) in [6.07, 6.45) is 5.03. The van der Waals surface area contributed by atoms with Crippen molar-refractivity contribution in [3.63, 3.8) is 0 Å². The van der Waals surface area contributed by atoms with E-state index in [1.54, 1.807) is 30.5 Å². The van der Waals surface area contributed by atoms with Crippen LogP contribution in [0.2, 0.25) is 0 Å². The molecule has 1 fully saturated rings. The van der Waals surface area contributed by atoms with E-state index in [1.165, 1.54) is 0 Å². The molecule has 1 aromatic rings. The molecule has 4 heteroatoms. The molecule has 1 atom stereocenters. The molecule has 1 aromatic carbocycles. The minimum atomic E-state index is -0.980. The van der Waals surface area contributed by atoms with E-state index in [9.17, 15) is 14.7 Å². The van der Waals surface area contributed by atoms with Crippen LogP contribution in [0.5, 0.6) is 0 Å². The fraction of sp³-hybridized carbons (Fsp3) is 0.474. The van der Waals surface area contributed by atoms with Crippen LogP contribution in [0.4, 0.5) is 5.69 Å². The Morgan fingerprint density at radius 1 is 1.39 bits per heavy atom. The van der Waals surface area contributed by atoms with Crippen molar-refractivity contribution in [1.82, 2.24) is 0 Å². The molecule has 0 aliphatic heterocycles. The topological polar surface area (TPSA) is 66.4 Å². The van der Waals surface area contributed by atoms with Crippen LogP contribution in [-0.2, 0) is 4.79 Å². The molecule has 1 aliphatic rings. The quantitative estimate of drug-likeness (QED) is 0.786. The minimum Gasteiger partial charge on any atom is -0.478 e. The molecule has 0 aromatic heterocycles. The summed E-state index contributed by atoms with van der Waals surface area (Å²) in [5.74, 6) is -0.340. The van der Waals surface area contributed by atoms with Gasteiger partial charge in [-0.25, -0.2) is 4.79 Å². The Kier molecular flexibility index (Phi) is 5.24. The number of anilines is 1. The number of carboxylic acid groups (broad SMARTS) is 1. The number of allylic oxidation sites excluding steroid dienone is 1. The van der Waals surface area contributed by atoms with E-state index in [2.05, 4.69) is 26.1 Å². The number of hydrogen-bond acceptors (Lipinski definition) is 3. The number of para-hydroxylation sites is 1. The van der Waals surface area contributed by atoms with Gasteiger partial charge in [0.25, 0.3) is 0 Å². The largest absolute Gasteiger partial charge is 0.478 e. The zero-order valence-corrected chi connectivity index (χ0v) is 14.1. The molecular weight excluding hydrogens is 290 g/mol. The number of carboxylic acids is 1. The van der Waals surface area contributed by atoms with E-state index in [0.29, 0.717) is 18.0 Å². The number of aromatic carboxylic acids is 1. The molecule has 2 N–H and O–H groups in total. The van der Waals surface area contributed by atoms with E-state index in [0.717, 1.165) is 24.8 Å². The lowest BCUT2D eigenvalue weighted by atomic mass is 9.68. The van der Waals surface area contributed by atoms with Crippen molar-refractivity contribution in [2.45, 2.75) is 46.5 Å². The zero-order valence-electron chi connectivity index (χ0n) is 14.1. The molecule has 124 valence electrons. The van der Waals surface area contributed by atoms with E-state index < -0.39 is 5.97 Å². The highest BCUT2D eigenvalue weighted by atomic mass is 16.4. The third-order valence-electron chi connectivity index (χ3n) is 5.12. The van der Waals surface area contributed by atoms with Crippen LogP contribution in [0, 0.1) is 11.3 Å². The first-order chi connectivity index (χ1) is 10.8. The van der Waals surface area contributed by atoms with Crippen LogP contribution >= 0.6 is 0 Å². The molecule has 0 amide bonds. The third-order valence-corrected chi connectivity index (χ3v) is 5.12. The highest BCUT2D eigenvalue weighted by molar-refractivity contribution is 5.97. The predicted molar refractivity (Wildman–Crippen MR) is 91.5 cm³/mol. The zero-order chi connectivity index (χ0) is 17.0. The molecule has 0 spiro atoms. The first-order valence-electron chi connectivity index (χ1n) is 8.16. The Morgan fingerprint density at radius 3 is 2.74 bits per heavy atom. The standard InChI is InChI=1S/C19H25NO3/c1-4-19(2,3)14-9-10-17(21)13(11-14)12-20-16-8-6-5-7-15(16)18(22)23/h5-8,12,14,20H,4,9-11H2,1-3H3,(H,22,23)/b13-12+/t14-/m0/s1. The summed E-state index contributed by atoms with van der Waals surface area (Å²) in [5, 5.41) is 12.2. The maximum atomic E-state index is 12.2. The van der Waals surface area contributed by atoms with Gasteiger partial charge in [0.2, 0.25) is 0 Å². The molecule has 23 heavy (non-hydrogen) atoms. The molecule has 1 aliphatic carbocycles. The maximum absolute atomic E-state index is 12.2. The second kappa shape index (κ2) is 6.99. The van der Waals surface area contributed by atoms with Crippen LogP contribution in [-0.4, -0.2) is 16.9 Å². The van der Waals surface area contributed by atoms with E-state index in [-0.39, 0.29) is 16.8 Å². The minimum absolute atomic E-state index is 0.161. The van der Waals surface area contributed by atoms with Crippen LogP contribution in [0.15, 0.2) is 36.0 Å². The normalized spacial score (nSPS) is 20.6. The number of nitrogens with one attached hydrogen (secondary N) is 1. The predicted octanol–water partition coefficient (Wildman–Crippen LogP) is 4.49. The lowest BCUT2D eigenvalue weighted by Gasteiger charge is -2.36. The van der Waals surface area contributed by atoms with Gasteiger partial charge in [-0.1, -0.05) is 39.3 Å². The van der Waals surface area contributed by atoms with E-state index in [4.69, 9.17) is 0 Å². The van der Waals surface area contributed by atoms with Crippen LogP contribution in [0.1, 0.15) is 56.8 Å². The first kappa shape index (κ1) is 17.3. The average Bonchev–Trinajstić information content (AvgIpc) is 2.54. The van der Waals surface area contributed by atoms with E-state index >= 15 is 0 Å². The Hall–Kier alpha value is -2.10. The summed E-state index contributed by atoms with van der Waals surface area (Å²) >= 11 is 0. The lowest BCUT2D eigenvalue weighted by Crippen LogP contribution is -2.29. The number of Topliss-reactive ketones (excluding diaryl/α,β-unsaturated/α-hetero) is 1. The van der Waals surface area contributed by atoms with Crippen LogP contribution in [0.25, 0.3) is 0 Å². The lowest BCUT2D eigenvalue weighted by molar-refractivity contribution is -0.117. The fourth-order valence-electron chi connectivity index (χ4n) is 3.00. The highest BCUT2D eigenvalue weighted by Gasteiger charge is 2.33. The van der Waals surface area contributed by atoms with E-state index in [1.807, 2.05) is 0 Å². The molecule has 4 nitrogen and oxygen atoms in total. The van der Waals surface area contributed by atoms with Gasteiger partial charge in [-0.05, 0) is 36.3 Å². The summed E-state index contributed by atoms with van der Waals surface area (Å²) in [5.41, 5.74) is 1.69. The number of rotatable bonds is 5. The van der Waals surface area contributed by atoms with Gasteiger partial charge in [0, 0.05) is 18.2 Å². The molecule has 0 bridgehead atoms. The van der Waals surface area contributed by atoms with Gasteiger partial charge in [0.15, 0.2) is 5.78 Å². The summed E-state index contributed by atoms with van der Waals surface area (Å²) in [4.78, 5) is 23.4. The monoisotopic (exact) mass is 315 g/mol. The van der Waals surface area contributed by atoms with Crippen molar-refractivity contribution in [2.24, 2.45) is 11.3 Å². The second-order valence-corrected chi connectivity index (χ2v) is 6.87. The number of hydrogen-bond donors (Lipinski definition) is 2. The Morgan fingerprint density at radius 2 is 2.09 bits per heavy atom. The van der Waals surface area contributed by atoms with Gasteiger partial charge >= 0.3 is 5.97 Å². The van der Waals surface area contributed by atoms with Gasteiger partial charge in [-0.15, -0.1) is 0 Å². The number of benzene rings is 1.